The number of guanidine groups is 1. The third-order valence-electron chi connectivity index (χ3n) is 16.3. The molecule has 0 aromatic heterocycles. The summed E-state index contributed by atoms with van der Waals surface area (Å²) in [5, 5.41) is 50.3. The molecule has 0 saturated carbocycles. The standard InChI is InChI=1S/C65H91N9O15/c1-5-39(2)48(61(85)71-50(26-29-59(82)83)56(79)37-45(64(88)89)34-43-18-22-46(75)23-19-43)38-57(80)52(35-42-14-7-6-8-15-42)73-60(84)41(4)33-55(78)51(36-44-20-24-47(76)25-21-44)70-58(81)28-27-54(77)49(16-11-31-69-65(67)68)72-62(86)53-17-12-32-74(53)63(87)40(3)13-9-10-30-66/h6-8,14-15,18-25,39-41,45,48-53,75-76H,5,9-13,16-17,26-38,66H2,1-4H3,(H,70,81)(H,71,85)(H,72,86)(H,73,84)(H,82,83)(H,88,89)(H4,67,68,69)/t39?,40-,41+,45+,48-,49-,50-,51-,52-,53-/m0/s1. The molecule has 0 aliphatic carbocycles. The number of benzene rings is 3. The Morgan fingerprint density at radius 3 is 1.74 bits per heavy atom. The van der Waals surface area contributed by atoms with Gasteiger partial charge in [-0.3, -0.25) is 57.7 Å². The van der Waals surface area contributed by atoms with E-state index in [1.807, 2.05) is 6.92 Å². The minimum atomic E-state index is -1.44. The summed E-state index contributed by atoms with van der Waals surface area (Å²) in [5.74, 6) is -12.4. The van der Waals surface area contributed by atoms with Crippen molar-refractivity contribution in [3.8, 4) is 11.5 Å². The molecule has 3 aromatic carbocycles. The zero-order valence-corrected chi connectivity index (χ0v) is 51.5. The number of rotatable bonds is 41. The summed E-state index contributed by atoms with van der Waals surface area (Å²) in [6, 6.07) is 14.5. The van der Waals surface area contributed by atoms with Gasteiger partial charge >= 0.3 is 11.9 Å². The van der Waals surface area contributed by atoms with Gasteiger partial charge in [0.05, 0.1) is 30.1 Å². The first-order valence-corrected chi connectivity index (χ1v) is 30.7. The molecular formula is C65H91N9O15. The molecule has 4 rings (SSSR count). The van der Waals surface area contributed by atoms with Gasteiger partial charge in [0, 0.05) is 69.4 Å². The minimum Gasteiger partial charge on any atom is -0.508 e. The number of hydrogen-bond donors (Lipinski definition) is 11. The third kappa shape index (κ3) is 25.2. The number of carboxylic acids is 2. The first kappa shape index (κ1) is 72.9. The molecule has 0 spiro atoms. The second-order valence-corrected chi connectivity index (χ2v) is 23.4. The van der Waals surface area contributed by atoms with Crippen molar-refractivity contribution in [3.05, 3.63) is 95.6 Å². The van der Waals surface area contributed by atoms with E-state index >= 15 is 0 Å². The first-order valence-electron chi connectivity index (χ1n) is 30.7. The predicted molar refractivity (Wildman–Crippen MR) is 331 cm³/mol. The monoisotopic (exact) mass is 1240 g/mol. The van der Waals surface area contributed by atoms with Crippen LogP contribution in [-0.2, 0) is 72.0 Å². The average Bonchev–Trinajstić information content (AvgIpc) is 2.55. The van der Waals surface area contributed by atoms with Crippen LogP contribution in [0.3, 0.4) is 0 Å². The number of nitrogens with one attached hydrogen (secondary N) is 4. The molecule has 1 saturated heterocycles. The fourth-order valence-electron chi connectivity index (χ4n) is 10.7. The van der Waals surface area contributed by atoms with Gasteiger partial charge in [-0.05, 0) is 118 Å². The van der Waals surface area contributed by atoms with Crippen LogP contribution in [-0.4, -0.2) is 146 Å². The SMILES string of the molecule is CCC(C)[C@H](CC(=O)[C@H](Cc1ccccc1)NC(=O)[C@H](C)CC(=O)[C@H](Cc1ccc(O)cc1)NC(=O)CCC(=O)[C@H](CCCN=C(N)N)NC(=O)[C@@H]1CCCN1C(=O)[C@@H](C)CCCCN)C(=O)N[C@@H](CCC(=O)O)C(=O)C[C@@H](Cc1ccc(O)cc1)C(=O)O. The number of aliphatic carboxylic acids is 2. The molecule has 24 heteroatoms. The maximum absolute atomic E-state index is 14.6. The smallest absolute Gasteiger partial charge is 0.307 e. The summed E-state index contributed by atoms with van der Waals surface area (Å²) in [7, 11) is 0. The lowest BCUT2D eigenvalue weighted by molar-refractivity contribution is -0.144. The number of likely N-dealkylation sites (tertiary alicyclic amines) is 1. The molecular weight excluding hydrogens is 1150 g/mol. The van der Waals surface area contributed by atoms with Crippen LogP contribution in [0.1, 0.15) is 141 Å². The molecule has 5 amide bonds. The summed E-state index contributed by atoms with van der Waals surface area (Å²) in [6.07, 6.45) is 0.489. The number of carbonyl (C=O) groups is 11. The van der Waals surface area contributed by atoms with Gasteiger partial charge in [-0.2, -0.15) is 0 Å². The number of phenolic OH excluding ortho intramolecular Hbond substituents is 2. The molecule has 0 radical (unpaired) electrons. The van der Waals surface area contributed by atoms with Gasteiger partial charge in [0.25, 0.3) is 0 Å². The highest BCUT2D eigenvalue weighted by Gasteiger charge is 2.39. The fraction of sp³-hybridized carbons (Fsp3) is 0.538. The molecule has 1 aliphatic heterocycles. The number of carbonyl (C=O) groups excluding carboxylic acids is 9. The van der Waals surface area contributed by atoms with Gasteiger partial charge in [-0.15, -0.1) is 0 Å². The molecule has 486 valence electrons. The lowest BCUT2D eigenvalue weighted by Crippen LogP contribution is -2.52. The first-order chi connectivity index (χ1) is 42.3. The molecule has 0 bridgehead atoms. The predicted octanol–water partition coefficient (Wildman–Crippen LogP) is 3.97. The molecule has 10 atom stereocenters. The number of Topliss-reactive ketones (excluding diaryl/α,β-unsaturated/α-hetero) is 4. The van der Waals surface area contributed by atoms with Crippen molar-refractivity contribution in [2.24, 2.45) is 51.8 Å². The maximum Gasteiger partial charge on any atom is 0.307 e. The Morgan fingerprint density at radius 2 is 1.16 bits per heavy atom. The number of aliphatic imine (C=N–C) groups is 1. The van der Waals surface area contributed by atoms with Crippen LogP contribution in [0.15, 0.2) is 83.9 Å². The number of nitrogens with two attached hydrogens (primary N) is 3. The molecule has 1 aliphatic rings. The summed E-state index contributed by atoms with van der Waals surface area (Å²) >= 11 is 0. The number of nitrogens with zero attached hydrogens (tertiary/aromatic N) is 2. The van der Waals surface area contributed by atoms with E-state index in [0.29, 0.717) is 55.5 Å². The van der Waals surface area contributed by atoms with E-state index in [0.717, 1.165) is 12.8 Å². The fourth-order valence-corrected chi connectivity index (χ4v) is 10.7. The average molecular weight is 1240 g/mol. The van der Waals surface area contributed by atoms with E-state index in [1.54, 1.807) is 61.2 Å². The van der Waals surface area contributed by atoms with Crippen LogP contribution in [0.5, 0.6) is 11.5 Å². The molecule has 14 N–H and O–H groups in total. The number of hydrogen-bond acceptors (Lipinski definition) is 15. The molecule has 1 unspecified atom stereocenters. The van der Waals surface area contributed by atoms with Crippen LogP contribution in [0.2, 0.25) is 0 Å². The highest BCUT2D eigenvalue weighted by Crippen LogP contribution is 2.26. The van der Waals surface area contributed by atoms with Gasteiger partial charge in [-0.25, -0.2) is 0 Å². The van der Waals surface area contributed by atoms with Gasteiger partial charge in [0.15, 0.2) is 29.1 Å². The Balaban J connectivity index is 1.51. The number of aromatic hydroxyl groups is 2. The summed E-state index contributed by atoms with van der Waals surface area (Å²) in [5.41, 5.74) is 18.4. The number of carboxylic acid groups (broad SMARTS) is 2. The van der Waals surface area contributed by atoms with E-state index in [2.05, 4.69) is 26.3 Å². The van der Waals surface area contributed by atoms with Crippen molar-refractivity contribution >= 4 is 70.6 Å². The Kier molecular flexibility index (Phi) is 30.6. The third-order valence-corrected chi connectivity index (χ3v) is 16.3. The Hall–Kier alpha value is -8.54. The van der Waals surface area contributed by atoms with Gasteiger partial charge in [0.1, 0.15) is 17.5 Å². The highest BCUT2D eigenvalue weighted by atomic mass is 16.4. The van der Waals surface area contributed by atoms with Crippen LogP contribution in [0, 0.1) is 29.6 Å². The van der Waals surface area contributed by atoms with Crippen molar-refractivity contribution in [1.82, 2.24) is 26.2 Å². The van der Waals surface area contributed by atoms with Crippen molar-refractivity contribution in [2.75, 3.05) is 19.6 Å². The van der Waals surface area contributed by atoms with E-state index in [1.165, 1.54) is 43.3 Å². The van der Waals surface area contributed by atoms with Gasteiger partial charge < -0.3 is 63.8 Å². The Labute approximate surface area is 520 Å². The molecule has 1 fully saturated rings. The number of phenols is 2. The van der Waals surface area contributed by atoms with Crippen molar-refractivity contribution < 1.29 is 73.2 Å². The molecule has 1 heterocycles. The van der Waals surface area contributed by atoms with Crippen LogP contribution in [0.25, 0.3) is 0 Å². The summed E-state index contributed by atoms with van der Waals surface area (Å²) < 4.78 is 0. The largest absolute Gasteiger partial charge is 0.508 e. The molecule has 3 aromatic rings. The summed E-state index contributed by atoms with van der Waals surface area (Å²) in [6.45, 7) is 7.80. The minimum absolute atomic E-state index is 0.0364. The van der Waals surface area contributed by atoms with E-state index in [9.17, 15) is 73.2 Å². The van der Waals surface area contributed by atoms with Gasteiger partial charge in [-0.1, -0.05) is 95.1 Å². The summed E-state index contributed by atoms with van der Waals surface area (Å²) in [4.78, 5) is 156. The lowest BCUT2D eigenvalue weighted by Gasteiger charge is -2.28. The topological polar surface area (TPSA) is 410 Å². The number of amides is 5. The Bertz CT molecular complexity index is 2900. The number of ketones is 4. The van der Waals surface area contributed by atoms with Crippen molar-refractivity contribution in [2.45, 2.75) is 173 Å². The van der Waals surface area contributed by atoms with E-state index in [4.69, 9.17) is 17.2 Å². The lowest BCUT2D eigenvalue weighted by atomic mass is 9.83. The highest BCUT2D eigenvalue weighted by molar-refractivity contribution is 5.98. The second kappa shape index (κ2) is 37.3. The van der Waals surface area contributed by atoms with Crippen molar-refractivity contribution in [1.29, 1.82) is 0 Å². The van der Waals surface area contributed by atoms with Crippen LogP contribution >= 0.6 is 0 Å². The van der Waals surface area contributed by atoms with Crippen molar-refractivity contribution in [3.63, 3.8) is 0 Å². The zero-order chi connectivity index (χ0) is 65.7. The normalized spacial score (nSPS) is 15.9. The molecule has 24 nitrogen and oxygen atoms in total. The number of unbranched alkanes of at least 4 members (excludes halogenated alkanes) is 1. The quantitative estimate of drug-likeness (QED) is 0.0217. The zero-order valence-electron chi connectivity index (χ0n) is 51.5. The second-order valence-electron chi connectivity index (χ2n) is 23.4. The maximum atomic E-state index is 14.6. The Morgan fingerprint density at radius 1 is 0.596 bits per heavy atom. The molecule has 89 heavy (non-hydrogen) atoms. The van der Waals surface area contributed by atoms with Gasteiger partial charge in [0.2, 0.25) is 29.5 Å². The van der Waals surface area contributed by atoms with Crippen LogP contribution in [0.4, 0.5) is 0 Å². The van der Waals surface area contributed by atoms with E-state index in [-0.39, 0.29) is 80.8 Å². The van der Waals surface area contributed by atoms with Crippen LogP contribution < -0.4 is 38.5 Å². The van der Waals surface area contributed by atoms with E-state index < -0.39 is 145 Å².